The summed E-state index contributed by atoms with van der Waals surface area (Å²) in [4.78, 5) is 0. The normalized spacial score (nSPS) is 13.3. The molecule has 0 spiro atoms. The standard InChI is InChI=1S/C14H22O3/c1-10(15)9-17-13-7-6-11(16-5)8-12(13)14(2,3)4/h6-8,10,15H,9H2,1-5H3/t10-/m0/s1. The van der Waals surface area contributed by atoms with Crippen molar-refractivity contribution < 1.29 is 14.6 Å². The lowest BCUT2D eigenvalue weighted by molar-refractivity contribution is 0.121. The van der Waals surface area contributed by atoms with Crippen molar-refractivity contribution >= 4 is 0 Å². The largest absolute Gasteiger partial charge is 0.497 e. The summed E-state index contributed by atoms with van der Waals surface area (Å²) < 4.78 is 10.8. The minimum Gasteiger partial charge on any atom is -0.497 e. The van der Waals surface area contributed by atoms with Crippen molar-refractivity contribution in [3.63, 3.8) is 0 Å². The molecule has 0 aromatic heterocycles. The van der Waals surface area contributed by atoms with Gasteiger partial charge in [-0.25, -0.2) is 0 Å². The van der Waals surface area contributed by atoms with E-state index < -0.39 is 6.10 Å². The predicted molar refractivity (Wildman–Crippen MR) is 68.9 cm³/mol. The van der Waals surface area contributed by atoms with Crippen molar-refractivity contribution in [2.24, 2.45) is 0 Å². The van der Waals surface area contributed by atoms with Crippen LogP contribution in [0.3, 0.4) is 0 Å². The first-order chi connectivity index (χ1) is 7.84. The van der Waals surface area contributed by atoms with Crippen molar-refractivity contribution in [1.29, 1.82) is 0 Å². The van der Waals surface area contributed by atoms with Gasteiger partial charge in [-0.05, 0) is 30.5 Å². The molecular formula is C14H22O3. The topological polar surface area (TPSA) is 38.7 Å². The van der Waals surface area contributed by atoms with Crippen LogP contribution >= 0.6 is 0 Å². The van der Waals surface area contributed by atoms with E-state index >= 15 is 0 Å². The summed E-state index contributed by atoms with van der Waals surface area (Å²) in [6.45, 7) is 8.38. The lowest BCUT2D eigenvalue weighted by atomic mass is 9.86. The van der Waals surface area contributed by atoms with Crippen LogP contribution in [0.1, 0.15) is 33.3 Å². The van der Waals surface area contributed by atoms with Crippen molar-refractivity contribution in [1.82, 2.24) is 0 Å². The van der Waals surface area contributed by atoms with E-state index in [0.717, 1.165) is 17.1 Å². The first kappa shape index (κ1) is 13.8. The van der Waals surface area contributed by atoms with Gasteiger partial charge in [0, 0.05) is 5.56 Å². The highest BCUT2D eigenvalue weighted by molar-refractivity contribution is 5.44. The third-order valence-electron chi connectivity index (χ3n) is 2.47. The Balaban J connectivity index is 3.03. The number of methoxy groups -OCH3 is 1. The quantitative estimate of drug-likeness (QED) is 0.876. The Labute approximate surface area is 103 Å². The van der Waals surface area contributed by atoms with Crippen LogP contribution in [0.4, 0.5) is 0 Å². The van der Waals surface area contributed by atoms with E-state index in [1.807, 2.05) is 18.2 Å². The van der Waals surface area contributed by atoms with Crippen molar-refractivity contribution in [2.75, 3.05) is 13.7 Å². The molecule has 1 aromatic rings. The van der Waals surface area contributed by atoms with Crippen LogP contribution in [-0.2, 0) is 5.41 Å². The third-order valence-corrected chi connectivity index (χ3v) is 2.47. The SMILES string of the molecule is COc1ccc(OC[C@H](C)O)c(C(C)(C)C)c1. The predicted octanol–water partition coefficient (Wildman–Crippen LogP) is 2.75. The van der Waals surface area contributed by atoms with Crippen LogP contribution in [0.5, 0.6) is 11.5 Å². The zero-order chi connectivity index (χ0) is 13.1. The summed E-state index contributed by atoms with van der Waals surface area (Å²) in [6, 6.07) is 5.74. The summed E-state index contributed by atoms with van der Waals surface area (Å²) >= 11 is 0. The van der Waals surface area contributed by atoms with Crippen LogP contribution in [0, 0.1) is 0 Å². The molecule has 0 fully saturated rings. The van der Waals surface area contributed by atoms with E-state index in [1.165, 1.54) is 0 Å². The van der Waals surface area contributed by atoms with E-state index in [2.05, 4.69) is 20.8 Å². The van der Waals surface area contributed by atoms with Gasteiger partial charge in [0.2, 0.25) is 0 Å². The second-order valence-electron chi connectivity index (χ2n) is 5.27. The van der Waals surface area contributed by atoms with Crippen molar-refractivity contribution in [3.05, 3.63) is 23.8 Å². The second-order valence-corrected chi connectivity index (χ2v) is 5.27. The molecule has 0 aliphatic heterocycles. The molecule has 0 saturated heterocycles. The van der Waals surface area contributed by atoms with Gasteiger partial charge >= 0.3 is 0 Å². The van der Waals surface area contributed by atoms with Gasteiger partial charge in [-0.15, -0.1) is 0 Å². The molecule has 0 unspecified atom stereocenters. The zero-order valence-corrected chi connectivity index (χ0v) is 11.3. The number of ether oxygens (including phenoxy) is 2. The van der Waals surface area contributed by atoms with Crippen LogP contribution in [-0.4, -0.2) is 24.9 Å². The van der Waals surface area contributed by atoms with Gasteiger partial charge < -0.3 is 14.6 Å². The molecule has 17 heavy (non-hydrogen) atoms. The number of aliphatic hydroxyl groups excluding tert-OH is 1. The van der Waals surface area contributed by atoms with Crippen molar-refractivity contribution in [3.8, 4) is 11.5 Å². The van der Waals surface area contributed by atoms with Gasteiger partial charge in [0.25, 0.3) is 0 Å². The van der Waals surface area contributed by atoms with E-state index in [0.29, 0.717) is 6.61 Å². The summed E-state index contributed by atoms with van der Waals surface area (Å²) in [5, 5.41) is 9.26. The Kier molecular flexibility index (Phi) is 4.40. The number of hydrogen-bond acceptors (Lipinski definition) is 3. The minimum atomic E-state index is -0.468. The molecule has 0 saturated carbocycles. The van der Waals surface area contributed by atoms with E-state index in [4.69, 9.17) is 9.47 Å². The smallest absolute Gasteiger partial charge is 0.123 e. The Morgan fingerprint density at radius 1 is 1.29 bits per heavy atom. The zero-order valence-electron chi connectivity index (χ0n) is 11.3. The highest BCUT2D eigenvalue weighted by atomic mass is 16.5. The second kappa shape index (κ2) is 5.41. The summed E-state index contributed by atoms with van der Waals surface area (Å²) in [6.07, 6.45) is -0.468. The number of aliphatic hydroxyl groups is 1. The van der Waals surface area contributed by atoms with Gasteiger partial charge in [0.15, 0.2) is 0 Å². The van der Waals surface area contributed by atoms with Gasteiger partial charge in [-0.1, -0.05) is 20.8 Å². The molecule has 1 aromatic carbocycles. The highest BCUT2D eigenvalue weighted by Gasteiger charge is 2.20. The Bertz CT molecular complexity index is 364. The van der Waals surface area contributed by atoms with Gasteiger partial charge in [0.1, 0.15) is 18.1 Å². The molecule has 0 aliphatic carbocycles. The Morgan fingerprint density at radius 2 is 1.94 bits per heavy atom. The molecule has 3 nitrogen and oxygen atoms in total. The average molecular weight is 238 g/mol. The number of rotatable bonds is 4. The third kappa shape index (κ3) is 3.93. The minimum absolute atomic E-state index is 0.0252. The maximum absolute atomic E-state index is 9.26. The number of benzene rings is 1. The first-order valence-corrected chi connectivity index (χ1v) is 5.84. The van der Waals surface area contributed by atoms with Crippen LogP contribution in [0.15, 0.2) is 18.2 Å². The first-order valence-electron chi connectivity index (χ1n) is 5.84. The van der Waals surface area contributed by atoms with Crippen LogP contribution < -0.4 is 9.47 Å². The maximum atomic E-state index is 9.26. The fourth-order valence-electron chi connectivity index (χ4n) is 1.56. The molecule has 0 aliphatic rings. The monoisotopic (exact) mass is 238 g/mol. The fourth-order valence-corrected chi connectivity index (χ4v) is 1.56. The lowest BCUT2D eigenvalue weighted by Gasteiger charge is -2.23. The van der Waals surface area contributed by atoms with Crippen molar-refractivity contribution in [2.45, 2.75) is 39.2 Å². The highest BCUT2D eigenvalue weighted by Crippen LogP contribution is 2.34. The average Bonchev–Trinajstić information content (AvgIpc) is 2.24. The molecule has 3 heteroatoms. The van der Waals surface area contributed by atoms with Gasteiger partial charge in [0.05, 0.1) is 13.2 Å². The van der Waals surface area contributed by atoms with Gasteiger partial charge in [-0.2, -0.15) is 0 Å². The van der Waals surface area contributed by atoms with E-state index in [1.54, 1.807) is 14.0 Å². The summed E-state index contributed by atoms with van der Waals surface area (Å²) in [5.74, 6) is 1.62. The Hall–Kier alpha value is -1.22. The van der Waals surface area contributed by atoms with E-state index in [-0.39, 0.29) is 5.41 Å². The molecular weight excluding hydrogens is 216 g/mol. The fraction of sp³-hybridized carbons (Fsp3) is 0.571. The molecule has 1 N–H and O–H groups in total. The van der Waals surface area contributed by atoms with Crippen LogP contribution in [0.2, 0.25) is 0 Å². The summed E-state index contributed by atoms with van der Waals surface area (Å²) in [7, 11) is 1.65. The molecule has 0 amide bonds. The molecule has 0 heterocycles. The molecule has 96 valence electrons. The van der Waals surface area contributed by atoms with Gasteiger partial charge in [-0.3, -0.25) is 0 Å². The van der Waals surface area contributed by atoms with E-state index in [9.17, 15) is 5.11 Å². The maximum Gasteiger partial charge on any atom is 0.123 e. The molecule has 1 atom stereocenters. The Morgan fingerprint density at radius 3 is 2.41 bits per heavy atom. The summed E-state index contributed by atoms with van der Waals surface area (Å²) in [5.41, 5.74) is 1.06. The lowest BCUT2D eigenvalue weighted by Crippen LogP contribution is -2.17. The molecule has 1 rings (SSSR count). The molecule has 0 bridgehead atoms. The van der Waals surface area contributed by atoms with Crippen LogP contribution in [0.25, 0.3) is 0 Å². The molecule has 0 radical (unpaired) electrons. The number of hydrogen-bond donors (Lipinski definition) is 1.